The second-order valence-electron chi connectivity index (χ2n) is 10.4. The zero-order valence-electron chi connectivity index (χ0n) is 20.1. The molecule has 1 amide bonds. The molecule has 2 aromatic carbocycles. The van der Waals surface area contributed by atoms with Gasteiger partial charge in [0.25, 0.3) is 0 Å². The molecule has 1 aliphatic carbocycles. The molecule has 1 aliphatic rings. The Bertz CT molecular complexity index is 989. The van der Waals surface area contributed by atoms with Crippen LogP contribution in [0.2, 0.25) is 0 Å². The molecule has 0 fully saturated rings. The normalized spacial score (nSPS) is 17.2. The molecule has 0 bridgehead atoms. The average Bonchev–Trinajstić information content (AvgIpc) is 2.73. The number of hydrogen-bond donors (Lipinski definition) is 1. The number of hydrogen-bond acceptors (Lipinski definition) is 3. The van der Waals surface area contributed by atoms with Crippen LogP contribution < -0.4 is 4.74 Å². The molecule has 0 heterocycles. The maximum atomic E-state index is 12.4. The van der Waals surface area contributed by atoms with E-state index in [1.54, 1.807) is 38.4 Å². The highest BCUT2D eigenvalue weighted by Gasteiger charge is 2.36. The Balaban J connectivity index is 1.74. The number of carboxylic acids is 1. The Hall–Kier alpha value is -2.82. The van der Waals surface area contributed by atoms with Crippen LogP contribution in [0.25, 0.3) is 0 Å². The zero-order chi connectivity index (χ0) is 23.7. The highest BCUT2D eigenvalue weighted by atomic mass is 16.5. The van der Waals surface area contributed by atoms with Gasteiger partial charge in [-0.2, -0.15) is 0 Å². The van der Waals surface area contributed by atoms with E-state index >= 15 is 0 Å². The van der Waals surface area contributed by atoms with Crippen molar-refractivity contribution in [3.05, 3.63) is 64.7 Å². The minimum atomic E-state index is -0.996. The quantitative estimate of drug-likeness (QED) is 0.641. The van der Waals surface area contributed by atoms with E-state index in [-0.39, 0.29) is 23.2 Å². The van der Waals surface area contributed by atoms with Gasteiger partial charge in [0, 0.05) is 14.1 Å². The van der Waals surface area contributed by atoms with Gasteiger partial charge in [-0.1, -0.05) is 58.0 Å². The Morgan fingerprint density at radius 2 is 1.56 bits per heavy atom. The van der Waals surface area contributed by atoms with Crippen molar-refractivity contribution in [3.63, 3.8) is 0 Å². The number of carbonyl (C=O) groups excluding carboxylic acids is 1. The van der Waals surface area contributed by atoms with Gasteiger partial charge in [0.15, 0.2) is 0 Å². The lowest BCUT2D eigenvalue weighted by atomic mass is 9.63. The SMILES string of the molecule is CN(C)C(=O)[C@@H](CC(=O)O)c1ccc(OCc2ccc3c(c2)C(C)(C)CCC3(C)C)cc1. The summed E-state index contributed by atoms with van der Waals surface area (Å²) in [7, 11) is 3.27. The van der Waals surface area contributed by atoms with Gasteiger partial charge in [-0.25, -0.2) is 0 Å². The lowest BCUT2D eigenvalue weighted by Gasteiger charge is -2.42. The van der Waals surface area contributed by atoms with Gasteiger partial charge in [0.05, 0.1) is 12.3 Å². The van der Waals surface area contributed by atoms with Crippen LogP contribution in [0.1, 0.15) is 75.1 Å². The van der Waals surface area contributed by atoms with Crippen LogP contribution in [0.15, 0.2) is 42.5 Å². The fraction of sp³-hybridized carbons (Fsp3) is 0.481. The standard InChI is InChI=1S/C27H35NO4/c1-26(2)13-14-27(3,4)23-15-18(7-12-22(23)26)17-32-20-10-8-19(9-11-20)21(16-24(29)30)25(31)28(5)6/h7-12,15,21H,13-14,16-17H2,1-6H3,(H,29,30)/t21-/m0/s1. The van der Waals surface area contributed by atoms with Crippen LogP contribution in [0.3, 0.4) is 0 Å². The smallest absolute Gasteiger partial charge is 0.304 e. The number of aliphatic carboxylic acids is 1. The largest absolute Gasteiger partial charge is 0.489 e. The Labute approximate surface area is 191 Å². The predicted molar refractivity (Wildman–Crippen MR) is 126 cm³/mol. The summed E-state index contributed by atoms with van der Waals surface area (Å²) in [5.74, 6) is -1.23. The molecule has 0 aromatic heterocycles. The number of likely N-dealkylation sites (N-methyl/N-ethyl adjacent to an activating group) is 1. The van der Waals surface area contributed by atoms with Crippen LogP contribution in [0, 0.1) is 0 Å². The third kappa shape index (κ3) is 5.14. The summed E-state index contributed by atoms with van der Waals surface area (Å²) in [5, 5.41) is 9.20. The number of nitrogens with zero attached hydrogens (tertiary/aromatic N) is 1. The number of amides is 1. The summed E-state index contributed by atoms with van der Waals surface area (Å²) >= 11 is 0. The number of carbonyl (C=O) groups is 2. The third-order valence-corrected chi connectivity index (χ3v) is 6.72. The lowest BCUT2D eigenvalue weighted by Crippen LogP contribution is -2.33. The molecular weight excluding hydrogens is 402 g/mol. The molecule has 0 unspecified atom stereocenters. The molecule has 1 atom stereocenters. The van der Waals surface area contributed by atoms with Gasteiger partial charge in [-0.05, 0) is 58.1 Å². The minimum Gasteiger partial charge on any atom is -0.489 e. The van der Waals surface area contributed by atoms with Gasteiger partial charge in [0.2, 0.25) is 5.91 Å². The van der Waals surface area contributed by atoms with Crippen molar-refractivity contribution in [1.29, 1.82) is 0 Å². The van der Waals surface area contributed by atoms with Crippen molar-refractivity contribution in [2.75, 3.05) is 14.1 Å². The molecule has 0 radical (unpaired) electrons. The highest BCUT2D eigenvalue weighted by Crippen LogP contribution is 2.45. The highest BCUT2D eigenvalue weighted by molar-refractivity contribution is 5.87. The van der Waals surface area contributed by atoms with E-state index < -0.39 is 11.9 Å². The molecule has 172 valence electrons. The van der Waals surface area contributed by atoms with Gasteiger partial charge in [-0.3, -0.25) is 9.59 Å². The van der Waals surface area contributed by atoms with Crippen molar-refractivity contribution < 1.29 is 19.4 Å². The van der Waals surface area contributed by atoms with Crippen molar-refractivity contribution in [1.82, 2.24) is 4.90 Å². The van der Waals surface area contributed by atoms with Gasteiger partial charge < -0.3 is 14.7 Å². The second-order valence-corrected chi connectivity index (χ2v) is 10.4. The number of rotatable bonds is 7. The maximum absolute atomic E-state index is 12.4. The molecule has 32 heavy (non-hydrogen) atoms. The van der Waals surface area contributed by atoms with E-state index in [0.717, 1.165) is 5.56 Å². The molecule has 0 spiro atoms. The number of ether oxygens (including phenoxy) is 1. The van der Waals surface area contributed by atoms with Crippen LogP contribution in [0.5, 0.6) is 5.75 Å². The molecule has 1 N–H and O–H groups in total. The van der Waals surface area contributed by atoms with Crippen LogP contribution in [0.4, 0.5) is 0 Å². The monoisotopic (exact) mass is 437 g/mol. The van der Waals surface area contributed by atoms with Gasteiger partial charge in [-0.15, -0.1) is 0 Å². The first-order valence-electron chi connectivity index (χ1n) is 11.2. The number of fused-ring (bicyclic) bond motifs is 1. The first-order chi connectivity index (χ1) is 14.9. The molecule has 3 rings (SSSR count). The molecule has 2 aromatic rings. The van der Waals surface area contributed by atoms with E-state index in [1.807, 2.05) is 0 Å². The molecule has 0 saturated heterocycles. The lowest BCUT2D eigenvalue weighted by molar-refractivity contribution is -0.141. The number of benzene rings is 2. The van der Waals surface area contributed by atoms with Gasteiger partial charge >= 0.3 is 5.97 Å². The van der Waals surface area contributed by atoms with E-state index in [1.165, 1.54) is 28.9 Å². The van der Waals surface area contributed by atoms with E-state index in [4.69, 9.17) is 4.74 Å². The van der Waals surface area contributed by atoms with E-state index in [0.29, 0.717) is 17.9 Å². The summed E-state index contributed by atoms with van der Waals surface area (Å²) in [6, 6.07) is 13.8. The van der Waals surface area contributed by atoms with Crippen LogP contribution >= 0.6 is 0 Å². The zero-order valence-corrected chi connectivity index (χ0v) is 20.1. The third-order valence-electron chi connectivity index (χ3n) is 6.72. The first kappa shape index (κ1) is 23.8. The van der Waals surface area contributed by atoms with Crippen molar-refractivity contribution >= 4 is 11.9 Å². The average molecular weight is 438 g/mol. The predicted octanol–water partition coefficient (Wildman–Crippen LogP) is 5.26. The summed E-state index contributed by atoms with van der Waals surface area (Å²) in [4.78, 5) is 25.1. The maximum Gasteiger partial charge on any atom is 0.304 e. The summed E-state index contributed by atoms with van der Waals surface area (Å²) in [6.07, 6.45) is 2.12. The van der Waals surface area contributed by atoms with E-state index in [2.05, 4.69) is 45.9 Å². The summed E-state index contributed by atoms with van der Waals surface area (Å²) in [6.45, 7) is 9.72. The summed E-state index contributed by atoms with van der Waals surface area (Å²) in [5.41, 5.74) is 4.99. The fourth-order valence-electron chi connectivity index (χ4n) is 4.52. The molecule has 0 aliphatic heterocycles. The summed E-state index contributed by atoms with van der Waals surface area (Å²) < 4.78 is 6.02. The Morgan fingerprint density at radius 3 is 2.12 bits per heavy atom. The van der Waals surface area contributed by atoms with E-state index in [9.17, 15) is 14.7 Å². The Morgan fingerprint density at radius 1 is 0.969 bits per heavy atom. The van der Waals surface area contributed by atoms with Crippen molar-refractivity contribution in [3.8, 4) is 5.75 Å². The van der Waals surface area contributed by atoms with Crippen LogP contribution in [-0.4, -0.2) is 36.0 Å². The van der Waals surface area contributed by atoms with Crippen molar-refractivity contribution in [2.45, 2.75) is 70.3 Å². The van der Waals surface area contributed by atoms with Gasteiger partial charge in [0.1, 0.15) is 12.4 Å². The topological polar surface area (TPSA) is 66.8 Å². The molecular formula is C27H35NO4. The Kier molecular flexibility index (Phi) is 6.68. The van der Waals surface area contributed by atoms with Crippen molar-refractivity contribution in [2.24, 2.45) is 0 Å². The molecule has 5 heteroatoms. The number of carboxylic acid groups (broad SMARTS) is 1. The molecule has 0 saturated carbocycles. The minimum absolute atomic E-state index is 0.153. The first-order valence-corrected chi connectivity index (χ1v) is 11.2. The molecule has 5 nitrogen and oxygen atoms in total. The second kappa shape index (κ2) is 8.97. The van der Waals surface area contributed by atoms with Crippen LogP contribution in [-0.2, 0) is 27.0 Å². The fourth-order valence-corrected chi connectivity index (χ4v) is 4.52.